The van der Waals surface area contributed by atoms with Crippen LogP contribution in [-0.2, 0) is 65.4 Å². The number of hydrogen-bond donors (Lipinski definition) is 3. The molecule has 566 valence electrons. The van der Waals surface area contributed by atoms with Gasteiger partial charge in [-0.25, -0.2) is 9.13 Å². The van der Waals surface area contributed by atoms with Crippen molar-refractivity contribution in [3.8, 4) is 0 Å². The first kappa shape index (κ1) is 93.5. The number of carbonyl (C=O) groups excluding carboxylic acids is 4. The molecule has 0 heterocycles. The summed E-state index contributed by atoms with van der Waals surface area (Å²) in [5.41, 5.74) is 0. The van der Waals surface area contributed by atoms with Crippen molar-refractivity contribution in [2.24, 2.45) is 17.8 Å². The number of esters is 4. The van der Waals surface area contributed by atoms with E-state index in [4.69, 9.17) is 37.0 Å². The van der Waals surface area contributed by atoms with Gasteiger partial charge in [0.05, 0.1) is 26.4 Å². The lowest BCUT2D eigenvalue weighted by molar-refractivity contribution is -0.161. The fraction of sp³-hybridized carbons (Fsp3) is 0.896. The number of phosphoric ester groups is 2. The zero-order valence-corrected chi connectivity index (χ0v) is 64.1. The molecule has 0 saturated carbocycles. The van der Waals surface area contributed by atoms with Crippen LogP contribution < -0.4 is 0 Å². The Morgan fingerprint density at radius 1 is 0.323 bits per heavy atom. The summed E-state index contributed by atoms with van der Waals surface area (Å²) in [7, 11) is -9.92. The molecule has 17 nitrogen and oxygen atoms in total. The zero-order chi connectivity index (χ0) is 70.9. The van der Waals surface area contributed by atoms with Crippen LogP contribution >= 0.6 is 15.6 Å². The second-order valence-electron chi connectivity index (χ2n) is 28.5. The molecule has 0 radical (unpaired) electrons. The molecule has 0 aromatic carbocycles. The fourth-order valence-corrected chi connectivity index (χ4v) is 12.8. The van der Waals surface area contributed by atoms with Crippen molar-refractivity contribution in [3.63, 3.8) is 0 Å². The van der Waals surface area contributed by atoms with E-state index in [1.807, 2.05) is 0 Å². The van der Waals surface area contributed by atoms with Gasteiger partial charge in [-0.1, -0.05) is 317 Å². The summed E-state index contributed by atoms with van der Waals surface area (Å²) >= 11 is 0. The van der Waals surface area contributed by atoms with Gasteiger partial charge in [-0.3, -0.25) is 37.3 Å². The van der Waals surface area contributed by atoms with Crippen LogP contribution in [0.25, 0.3) is 0 Å². The Kier molecular flexibility index (Phi) is 65.3. The lowest BCUT2D eigenvalue weighted by Gasteiger charge is -2.21. The maximum Gasteiger partial charge on any atom is 0.472 e. The highest BCUT2D eigenvalue weighted by Crippen LogP contribution is 2.45. The lowest BCUT2D eigenvalue weighted by Crippen LogP contribution is -2.30. The highest BCUT2D eigenvalue weighted by molar-refractivity contribution is 7.47. The Bertz CT molecular complexity index is 1960. The highest BCUT2D eigenvalue weighted by atomic mass is 31.2. The molecular weight excluding hydrogens is 1260 g/mol. The first-order valence-corrected chi connectivity index (χ1v) is 42.2. The number of ether oxygens (including phenoxy) is 4. The van der Waals surface area contributed by atoms with E-state index in [1.165, 1.54) is 154 Å². The lowest BCUT2D eigenvalue weighted by atomic mass is 10.0. The van der Waals surface area contributed by atoms with Crippen molar-refractivity contribution in [1.82, 2.24) is 0 Å². The third-order valence-corrected chi connectivity index (χ3v) is 19.2. The number of carbonyl (C=O) groups is 4. The van der Waals surface area contributed by atoms with Crippen LogP contribution in [0.4, 0.5) is 0 Å². The van der Waals surface area contributed by atoms with E-state index in [0.717, 1.165) is 121 Å². The summed E-state index contributed by atoms with van der Waals surface area (Å²) in [6, 6.07) is 0. The van der Waals surface area contributed by atoms with Gasteiger partial charge in [0, 0.05) is 25.7 Å². The van der Waals surface area contributed by atoms with Crippen LogP contribution in [0.1, 0.15) is 370 Å². The molecule has 0 fully saturated rings. The average Bonchev–Trinajstić information content (AvgIpc) is 2.23. The molecule has 19 heteroatoms. The van der Waals surface area contributed by atoms with Gasteiger partial charge in [-0.15, -0.1) is 0 Å². The number of hydrogen-bond acceptors (Lipinski definition) is 15. The molecule has 3 unspecified atom stereocenters. The molecular formula is C77H146O17P2. The minimum atomic E-state index is -4.96. The van der Waals surface area contributed by atoms with Crippen molar-refractivity contribution in [2.45, 2.75) is 388 Å². The molecule has 0 saturated heterocycles. The molecule has 0 rings (SSSR count). The minimum absolute atomic E-state index is 0.0973. The first-order chi connectivity index (χ1) is 46.2. The smallest absolute Gasteiger partial charge is 0.462 e. The molecule has 3 N–H and O–H groups in total. The molecule has 0 aromatic rings. The third-order valence-electron chi connectivity index (χ3n) is 17.3. The van der Waals surface area contributed by atoms with Gasteiger partial charge in [0.2, 0.25) is 0 Å². The summed E-state index contributed by atoms with van der Waals surface area (Å²) in [6.45, 7) is 11.7. The fourth-order valence-electron chi connectivity index (χ4n) is 11.2. The SMILES string of the molecule is CCCCCC/C=C\C=C/CCCCCCCC(=O)OC[C@H](COP(=O)(O)OCC(O)COP(=O)(O)OC[C@@H](COC(=O)CCCCCCCCC(C)C)OC(=O)CCCCCCCCCCCCCCCCCCCCC(C)C)OC(=O)CCCCCCCCCCC(C)C. The summed E-state index contributed by atoms with van der Waals surface area (Å²) in [6.07, 6.45) is 56.7. The Morgan fingerprint density at radius 3 is 0.844 bits per heavy atom. The Hall–Kier alpha value is -2.46. The highest BCUT2D eigenvalue weighted by Gasteiger charge is 2.30. The number of rotatable bonds is 73. The monoisotopic (exact) mass is 1410 g/mol. The molecule has 0 amide bonds. The molecule has 0 spiro atoms. The number of allylic oxidation sites excluding steroid dienone is 4. The minimum Gasteiger partial charge on any atom is -0.462 e. The van der Waals surface area contributed by atoms with E-state index < -0.39 is 97.5 Å². The molecule has 0 aliphatic rings. The van der Waals surface area contributed by atoms with E-state index >= 15 is 0 Å². The van der Waals surface area contributed by atoms with E-state index in [1.54, 1.807) is 0 Å². The molecule has 0 aliphatic carbocycles. The van der Waals surface area contributed by atoms with Gasteiger partial charge in [-0.2, -0.15) is 0 Å². The largest absolute Gasteiger partial charge is 0.472 e. The van der Waals surface area contributed by atoms with Gasteiger partial charge >= 0.3 is 39.5 Å². The van der Waals surface area contributed by atoms with Crippen molar-refractivity contribution in [2.75, 3.05) is 39.6 Å². The maximum atomic E-state index is 13.1. The third kappa shape index (κ3) is 70.0. The number of aliphatic hydroxyl groups is 1. The van der Waals surface area contributed by atoms with Crippen LogP contribution in [0.5, 0.6) is 0 Å². The predicted molar refractivity (Wildman–Crippen MR) is 390 cm³/mol. The summed E-state index contributed by atoms with van der Waals surface area (Å²) < 4.78 is 68.4. The van der Waals surface area contributed by atoms with E-state index in [2.05, 4.69) is 72.8 Å². The summed E-state index contributed by atoms with van der Waals surface area (Å²) in [5.74, 6) is 0.0598. The second kappa shape index (κ2) is 67.1. The topological polar surface area (TPSA) is 237 Å². The average molecular weight is 1410 g/mol. The summed E-state index contributed by atoms with van der Waals surface area (Å²) in [4.78, 5) is 72.7. The van der Waals surface area contributed by atoms with Crippen molar-refractivity contribution in [3.05, 3.63) is 24.3 Å². The predicted octanol–water partition coefficient (Wildman–Crippen LogP) is 22.1. The quantitative estimate of drug-likeness (QED) is 0.0169. The van der Waals surface area contributed by atoms with Gasteiger partial charge in [0.1, 0.15) is 19.3 Å². The number of aliphatic hydroxyl groups excluding tert-OH is 1. The molecule has 5 atom stereocenters. The Balaban J connectivity index is 5.19. The van der Waals surface area contributed by atoms with Crippen LogP contribution in [0.15, 0.2) is 24.3 Å². The second-order valence-corrected chi connectivity index (χ2v) is 31.4. The number of unbranched alkanes of at least 4 members (excludes halogenated alkanes) is 38. The van der Waals surface area contributed by atoms with Gasteiger partial charge in [0.25, 0.3) is 0 Å². The molecule has 0 aliphatic heterocycles. The van der Waals surface area contributed by atoms with Crippen molar-refractivity contribution >= 4 is 39.5 Å². The Morgan fingerprint density at radius 2 is 0.562 bits per heavy atom. The molecule has 0 bridgehead atoms. The maximum absolute atomic E-state index is 13.1. The van der Waals surface area contributed by atoms with Crippen LogP contribution in [0, 0.1) is 17.8 Å². The van der Waals surface area contributed by atoms with E-state index in [0.29, 0.717) is 37.5 Å². The van der Waals surface area contributed by atoms with Gasteiger partial charge < -0.3 is 33.8 Å². The first-order valence-electron chi connectivity index (χ1n) is 39.2. The molecule has 0 aromatic heterocycles. The van der Waals surface area contributed by atoms with E-state index in [-0.39, 0.29) is 25.7 Å². The zero-order valence-electron chi connectivity index (χ0n) is 62.3. The van der Waals surface area contributed by atoms with Gasteiger partial charge in [0.15, 0.2) is 12.2 Å². The summed E-state index contributed by atoms with van der Waals surface area (Å²) in [5, 5.41) is 10.6. The van der Waals surface area contributed by atoms with E-state index in [9.17, 15) is 43.2 Å². The van der Waals surface area contributed by atoms with Crippen LogP contribution in [0.3, 0.4) is 0 Å². The molecule has 96 heavy (non-hydrogen) atoms. The van der Waals surface area contributed by atoms with Gasteiger partial charge in [-0.05, 0) is 69.1 Å². The Labute approximate surface area is 586 Å². The normalized spacial score (nSPS) is 14.2. The number of phosphoric acid groups is 2. The van der Waals surface area contributed by atoms with Crippen molar-refractivity contribution < 1.29 is 80.2 Å². The standard InChI is InChI=1S/C77H146O17P2/c1-8-9-10-11-12-13-14-15-20-24-27-30-36-44-51-58-74(79)87-64-72(94-77(82)61-54-47-38-33-32-35-42-49-56-69(4)5)66-91-95(83,84)89-62-71(78)63-90-96(85,86)92-67-73(65-88-75(80)59-52-45-40-39-43-50-57-70(6)7)93-76(81)60-53-46-37-31-28-25-22-19-17-16-18-21-23-26-29-34-41-48-55-68(2)3/h13-15,20,68-73,78H,8-12,16-19,21-67H2,1-7H3,(H,83,84)(H,85,86)/b14-13-,20-15-/t71?,72-,73-/m1/s1. The van der Waals surface area contributed by atoms with Crippen LogP contribution in [-0.4, -0.2) is 96.7 Å². The van der Waals surface area contributed by atoms with Crippen molar-refractivity contribution in [1.29, 1.82) is 0 Å². The van der Waals surface area contributed by atoms with Crippen LogP contribution in [0.2, 0.25) is 0 Å².